The molecule has 0 spiro atoms. The Labute approximate surface area is 138 Å². The first-order chi connectivity index (χ1) is 11.5. The van der Waals surface area contributed by atoms with Crippen LogP contribution in [-0.2, 0) is 0 Å². The van der Waals surface area contributed by atoms with E-state index in [4.69, 9.17) is 4.74 Å². The molecule has 2 aromatic rings. The SMILES string of the molecule is OCC1C(O)C(O)C1(O)C(O)Oc1ccc(-c2ccncc2)cc1. The van der Waals surface area contributed by atoms with Gasteiger partial charge in [0.05, 0.1) is 12.7 Å². The molecule has 5 atom stereocenters. The van der Waals surface area contributed by atoms with Gasteiger partial charge in [-0.25, -0.2) is 0 Å². The van der Waals surface area contributed by atoms with Crippen LogP contribution in [0.5, 0.6) is 5.75 Å². The second kappa shape index (κ2) is 6.46. The molecule has 1 fully saturated rings. The van der Waals surface area contributed by atoms with Crippen molar-refractivity contribution in [1.82, 2.24) is 4.98 Å². The van der Waals surface area contributed by atoms with Gasteiger partial charge in [-0.2, -0.15) is 0 Å². The van der Waals surface area contributed by atoms with Crippen molar-refractivity contribution in [1.29, 1.82) is 0 Å². The van der Waals surface area contributed by atoms with Crippen LogP contribution in [0, 0.1) is 5.92 Å². The average Bonchev–Trinajstić information content (AvgIpc) is 2.62. The summed E-state index contributed by atoms with van der Waals surface area (Å²) < 4.78 is 5.27. The fourth-order valence-electron chi connectivity index (χ4n) is 2.94. The monoisotopic (exact) mass is 333 g/mol. The average molecular weight is 333 g/mol. The van der Waals surface area contributed by atoms with Crippen molar-refractivity contribution in [3.63, 3.8) is 0 Å². The Hall–Kier alpha value is -2.03. The smallest absolute Gasteiger partial charge is 0.229 e. The number of aliphatic hydroxyl groups excluding tert-OH is 4. The standard InChI is InChI=1S/C17H19NO6/c19-9-13-14(20)15(21)17(13,23)16(22)24-12-3-1-10(2-4-12)11-5-7-18-8-6-11/h1-8,13-16,19-23H,9H2. The third-order valence-corrected chi connectivity index (χ3v) is 4.51. The Morgan fingerprint density at radius 2 is 1.62 bits per heavy atom. The molecule has 5 N–H and O–H groups in total. The molecular formula is C17H19NO6. The van der Waals surface area contributed by atoms with Gasteiger partial charge in [-0.1, -0.05) is 12.1 Å². The molecule has 3 rings (SSSR count). The van der Waals surface area contributed by atoms with E-state index in [2.05, 4.69) is 4.98 Å². The maximum atomic E-state index is 10.3. The van der Waals surface area contributed by atoms with E-state index < -0.39 is 36.6 Å². The Morgan fingerprint density at radius 3 is 2.21 bits per heavy atom. The van der Waals surface area contributed by atoms with Crippen LogP contribution in [0.3, 0.4) is 0 Å². The molecule has 0 aliphatic heterocycles. The maximum Gasteiger partial charge on any atom is 0.229 e. The van der Waals surface area contributed by atoms with E-state index >= 15 is 0 Å². The first kappa shape index (κ1) is 16.8. The predicted molar refractivity (Wildman–Crippen MR) is 83.8 cm³/mol. The highest BCUT2D eigenvalue weighted by Crippen LogP contribution is 2.42. The lowest BCUT2D eigenvalue weighted by Gasteiger charge is -2.53. The molecule has 128 valence electrons. The van der Waals surface area contributed by atoms with Crippen molar-refractivity contribution < 1.29 is 30.3 Å². The third-order valence-electron chi connectivity index (χ3n) is 4.51. The summed E-state index contributed by atoms with van der Waals surface area (Å²) in [7, 11) is 0. The van der Waals surface area contributed by atoms with Crippen molar-refractivity contribution >= 4 is 0 Å². The lowest BCUT2D eigenvalue weighted by atomic mass is 9.64. The van der Waals surface area contributed by atoms with E-state index in [0.717, 1.165) is 11.1 Å². The number of rotatable bonds is 5. The molecule has 0 radical (unpaired) electrons. The zero-order valence-electron chi connectivity index (χ0n) is 12.7. The van der Waals surface area contributed by atoms with Gasteiger partial charge in [0.1, 0.15) is 11.9 Å². The lowest BCUT2D eigenvalue weighted by molar-refractivity contribution is -0.332. The minimum atomic E-state index is -2.13. The van der Waals surface area contributed by atoms with Crippen LogP contribution >= 0.6 is 0 Å². The van der Waals surface area contributed by atoms with Crippen LogP contribution in [-0.4, -0.2) is 61.2 Å². The molecule has 5 unspecified atom stereocenters. The summed E-state index contributed by atoms with van der Waals surface area (Å²) in [5.41, 5.74) is -0.239. The molecule has 0 amide bonds. The number of ether oxygens (including phenoxy) is 1. The first-order valence-corrected chi connectivity index (χ1v) is 7.53. The number of hydrogen-bond acceptors (Lipinski definition) is 7. The Balaban J connectivity index is 1.72. The Kier molecular flexibility index (Phi) is 4.53. The van der Waals surface area contributed by atoms with Crippen LogP contribution < -0.4 is 4.74 Å². The van der Waals surface area contributed by atoms with Crippen LogP contribution in [0.15, 0.2) is 48.8 Å². The van der Waals surface area contributed by atoms with Gasteiger partial charge >= 0.3 is 0 Å². The topological polar surface area (TPSA) is 123 Å². The highest BCUT2D eigenvalue weighted by molar-refractivity contribution is 5.63. The van der Waals surface area contributed by atoms with Gasteiger partial charge < -0.3 is 30.3 Å². The lowest BCUT2D eigenvalue weighted by Crippen LogP contribution is -2.76. The van der Waals surface area contributed by atoms with Gasteiger partial charge in [-0.05, 0) is 35.4 Å². The van der Waals surface area contributed by atoms with Crippen LogP contribution in [0.1, 0.15) is 0 Å². The number of hydrogen-bond donors (Lipinski definition) is 5. The van der Waals surface area contributed by atoms with E-state index in [-0.39, 0.29) is 5.75 Å². The summed E-state index contributed by atoms with van der Waals surface area (Å²) in [6, 6.07) is 10.5. The molecule has 0 saturated heterocycles. The van der Waals surface area contributed by atoms with Crippen molar-refractivity contribution in [2.45, 2.75) is 24.1 Å². The van der Waals surface area contributed by atoms with Crippen molar-refractivity contribution in [3.05, 3.63) is 48.8 Å². The maximum absolute atomic E-state index is 10.3. The minimum Gasteiger partial charge on any atom is -0.462 e. The minimum absolute atomic E-state index is 0.277. The number of aliphatic hydroxyl groups is 5. The summed E-state index contributed by atoms with van der Waals surface area (Å²) in [4.78, 5) is 3.95. The van der Waals surface area contributed by atoms with E-state index in [0.29, 0.717) is 0 Å². The fraction of sp³-hybridized carbons (Fsp3) is 0.353. The van der Waals surface area contributed by atoms with Gasteiger partial charge in [-0.3, -0.25) is 4.98 Å². The molecule has 1 saturated carbocycles. The van der Waals surface area contributed by atoms with Gasteiger partial charge in [0, 0.05) is 18.3 Å². The summed E-state index contributed by atoms with van der Waals surface area (Å²) in [5, 5.41) is 48.9. The molecule has 1 aromatic heterocycles. The van der Waals surface area contributed by atoms with Crippen LogP contribution in [0.4, 0.5) is 0 Å². The van der Waals surface area contributed by atoms with Crippen LogP contribution in [0.25, 0.3) is 11.1 Å². The number of aromatic nitrogens is 1. The molecule has 1 heterocycles. The van der Waals surface area contributed by atoms with E-state index in [1.807, 2.05) is 12.1 Å². The molecule has 24 heavy (non-hydrogen) atoms. The van der Waals surface area contributed by atoms with E-state index in [1.54, 1.807) is 36.7 Å². The predicted octanol–water partition coefficient (Wildman–Crippen LogP) is -0.479. The summed E-state index contributed by atoms with van der Waals surface area (Å²) in [6.07, 6.45) is -1.35. The van der Waals surface area contributed by atoms with E-state index in [9.17, 15) is 25.5 Å². The third kappa shape index (κ3) is 2.66. The Morgan fingerprint density at radius 1 is 1.04 bits per heavy atom. The highest BCUT2D eigenvalue weighted by Gasteiger charge is 2.65. The molecule has 1 aromatic carbocycles. The van der Waals surface area contributed by atoms with Gasteiger partial charge in [0.25, 0.3) is 0 Å². The zero-order valence-corrected chi connectivity index (χ0v) is 12.7. The number of benzene rings is 1. The molecule has 7 nitrogen and oxygen atoms in total. The normalized spacial score (nSPS) is 30.5. The van der Waals surface area contributed by atoms with Crippen molar-refractivity contribution in [2.24, 2.45) is 5.92 Å². The molecular weight excluding hydrogens is 314 g/mol. The fourth-order valence-corrected chi connectivity index (χ4v) is 2.94. The van der Waals surface area contributed by atoms with Gasteiger partial charge in [0.2, 0.25) is 6.29 Å². The second-order valence-corrected chi connectivity index (χ2v) is 5.84. The number of nitrogens with zero attached hydrogens (tertiary/aromatic N) is 1. The van der Waals surface area contributed by atoms with Crippen LogP contribution in [0.2, 0.25) is 0 Å². The van der Waals surface area contributed by atoms with Crippen molar-refractivity contribution in [3.8, 4) is 16.9 Å². The van der Waals surface area contributed by atoms with Gasteiger partial charge in [0.15, 0.2) is 5.60 Å². The quantitative estimate of drug-likeness (QED) is 0.468. The Bertz CT molecular complexity index is 679. The summed E-state index contributed by atoms with van der Waals surface area (Å²) >= 11 is 0. The molecule has 1 aliphatic rings. The molecule has 1 aliphatic carbocycles. The van der Waals surface area contributed by atoms with Crippen molar-refractivity contribution in [2.75, 3.05) is 6.61 Å². The molecule has 7 heteroatoms. The molecule has 0 bridgehead atoms. The zero-order chi connectivity index (χ0) is 17.3. The highest BCUT2D eigenvalue weighted by atomic mass is 16.6. The largest absolute Gasteiger partial charge is 0.462 e. The van der Waals surface area contributed by atoms with Gasteiger partial charge in [-0.15, -0.1) is 0 Å². The second-order valence-electron chi connectivity index (χ2n) is 5.84. The summed E-state index contributed by atoms with van der Waals surface area (Å²) in [5.74, 6) is -0.808. The van der Waals surface area contributed by atoms with E-state index in [1.165, 1.54) is 0 Å². The number of pyridine rings is 1. The summed E-state index contributed by atoms with van der Waals surface area (Å²) in [6.45, 7) is -0.587. The first-order valence-electron chi connectivity index (χ1n) is 7.53.